The molecular formula is C24H23N3O2S2. The minimum atomic E-state index is -0.132. The van der Waals surface area contributed by atoms with Crippen LogP contribution in [0.5, 0.6) is 5.75 Å². The first-order chi connectivity index (χ1) is 15.1. The predicted octanol–water partition coefficient (Wildman–Crippen LogP) is 5.86. The molecule has 31 heavy (non-hydrogen) atoms. The summed E-state index contributed by atoms with van der Waals surface area (Å²) in [7, 11) is 1.62. The van der Waals surface area contributed by atoms with Crippen molar-refractivity contribution >= 4 is 35.1 Å². The van der Waals surface area contributed by atoms with Gasteiger partial charge in [0.25, 0.3) is 0 Å². The topological polar surface area (TPSA) is 75.0 Å². The summed E-state index contributed by atoms with van der Waals surface area (Å²) in [6.07, 6.45) is 1.06. The second-order valence-electron chi connectivity index (χ2n) is 6.57. The van der Waals surface area contributed by atoms with Crippen molar-refractivity contribution in [1.29, 1.82) is 5.26 Å². The molecule has 1 heterocycles. The Hall–Kier alpha value is -2.95. The summed E-state index contributed by atoms with van der Waals surface area (Å²) >= 11 is 2.98. The average molecular weight is 450 g/mol. The minimum Gasteiger partial charge on any atom is -0.497 e. The van der Waals surface area contributed by atoms with Crippen LogP contribution in [0.4, 0.5) is 5.69 Å². The lowest BCUT2D eigenvalue weighted by molar-refractivity contribution is -0.113. The Kier molecular flexibility index (Phi) is 8.39. The third-order valence-electron chi connectivity index (χ3n) is 4.31. The number of thioether (sulfide) groups is 2. The van der Waals surface area contributed by atoms with Crippen molar-refractivity contribution < 1.29 is 9.53 Å². The third-order valence-corrected chi connectivity index (χ3v) is 6.58. The number of hydrogen-bond acceptors (Lipinski definition) is 6. The van der Waals surface area contributed by atoms with Crippen molar-refractivity contribution in [3.63, 3.8) is 0 Å². The van der Waals surface area contributed by atoms with Gasteiger partial charge in [0.05, 0.1) is 29.8 Å². The van der Waals surface area contributed by atoms with Gasteiger partial charge in [-0.25, -0.2) is 4.98 Å². The maximum absolute atomic E-state index is 12.6. The zero-order valence-corrected chi connectivity index (χ0v) is 19.1. The van der Waals surface area contributed by atoms with Crippen molar-refractivity contribution in [3.8, 4) is 23.1 Å². The maximum Gasteiger partial charge on any atom is 0.234 e. The number of ether oxygens (including phenoxy) is 1. The smallest absolute Gasteiger partial charge is 0.234 e. The highest BCUT2D eigenvalue weighted by molar-refractivity contribution is 8.00. The molecule has 3 aromatic rings. The lowest BCUT2D eigenvalue weighted by Gasteiger charge is -2.11. The summed E-state index contributed by atoms with van der Waals surface area (Å²) < 4.78 is 5.28. The van der Waals surface area contributed by atoms with Gasteiger partial charge in [0.2, 0.25) is 5.91 Å². The van der Waals surface area contributed by atoms with Crippen LogP contribution >= 0.6 is 23.5 Å². The van der Waals surface area contributed by atoms with Crippen molar-refractivity contribution in [2.24, 2.45) is 0 Å². The van der Waals surface area contributed by atoms with E-state index in [4.69, 9.17) is 4.74 Å². The second kappa shape index (κ2) is 11.4. The van der Waals surface area contributed by atoms with Crippen molar-refractivity contribution in [1.82, 2.24) is 4.98 Å². The van der Waals surface area contributed by atoms with E-state index in [1.807, 2.05) is 48.5 Å². The van der Waals surface area contributed by atoms with Gasteiger partial charge in [-0.05, 0) is 48.6 Å². The summed E-state index contributed by atoms with van der Waals surface area (Å²) in [5, 5.41) is 13.0. The Morgan fingerprint density at radius 2 is 1.97 bits per heavy atom. The van der Waals surface area contributed by atoms with Crippen LogP contribution in [0.15, 0.2) is 70.6 Å². The first-order valence-corrected chi connectivity index (χ1v) is 11.8. The Bertz CT molecular complexity index is 1100. The molecule has 1 aromatic heterocycles. The van der Waals surface area contributed by atoms with Crippen LogP contribution in [0.25, 0.3) is 11.3 Å². The van der Waals surface area contributed by atoms with Gasteiger partial charge < -0.3 is 10.1 Å². The van der Waals surface area contributed by atoms with E-state index in [-0.39, 0.29) is 11.7 Å². The van der Waals surface area contributed by atoms with Crippen molar-refractivity contribution in [2.75, 3.05) is 23.9 Å². The van der Waals surface area contributed by atoms with Gasteiger partial charge >= 0.3 is 0 Å². The summed E-state index contributed by atoms with van der Waals surface area (Å²) in [5.74, 6) is 1.76. The van der Waals surface area contributed by atoms with Crippen LogP contribution in [-0.4, -0.2) is 29.5 Å². The first kappa shape index (κ1) is 22.7. The van der Waals surface area contributed by atoms with Gasteiger partial charge in [0, 0.05) is 10.5 Å². The average Bonchev–Trinajstić information content (AvgIpc) is 2.82. The summed E-state index contributed by atoms with van der Waals surface area (Å²) in [6.45, 7) is 2.13. The number of benzene rings is 2. The molecular weight excluding hydrogens is 426 g/mol. The van der Waals surface area contributed by atoms with Crippen LogP contribution in [-0.2, 0) is 4.79 Å². The Morgan fingerprint density at radius 3 is 2.74 bits per heavy atom. The minimum absolute atomic E-state index is 0.132. The van der Waals surface area contributed by atoms with Gasteiger partial charge in [0.1, 0.15) is 16.8 Å². The number of nitrogens with one attached hydrogen (secondary N) is 1. The number of para-hydroxylation sites is 1. The molecule has 0 unspecified atom stereocenters. The van der Waals surface area contributed by atoms with E-state index in [0.29, 0.717) is 10.6 Å². The van der Waals surface area contributed by atoms with Crippen LogP contribution in [0.1, 0.15) is 18.9 Å². The highest BCUT2D eigenvalue weighted by Gasteiger charge is 2.12. The molecule has 0 aliphatic heterocycles. The number of methoxy groups -OCH3 is 1. The number of nitrogens with zero attached hydrogens (tertiary/aromatic N) is 2. The fourth-order valence-corrected chi connectivity index (χ4v) is 4.45. The number of carbonyl (C=O) groups is 1. The van der Waals surface area contributed by atoms with E-state index in [1.54, 1.807) is 31.0 Å². The molecule has 0 saturated heterocycles. The molecule has 2 aromatic carbocycles. The molecule has 5 nitrogen and oxygen atoms in total. The van der Waals surface area contributed by atoms with Gasteiger partial charge in [0.15, 0.2) is 0 Å². The number of nitriles is 1. The van der Waals surface area contributed by atoms with Gasteiger partial charge in [-0.3, -0.25) is 4.79 Å². The SMILES string of the molecule is CCCSc1ccccc1NC(=O)CSc1nc(-c2cccc(OC)c2)ccc1C#N. The van der Waals surface area contributed by atoms with Crippen LogP contribution < -0.4 is 10.1 Å². The number of rotatable bonds is 9. The number of pyridine rings is 1. The number of hydrogen-bond donors (Lipinski definition) is 1. The first-order valence-electron chi connectivity index (χ1n) is 9.84. The van der Waals surface area contributed by atoms with E-state index in [2.05, 4.69) is 23.3 Å². The second-order valence-corrected chi connectivity index (χ2v) is 8.68. The predicted molar refractivity (Wildman–Crippen MR) is 128 cm³/mol. The van der Waals surface area contributed by atoms with Gasteiger partial charge in [-0.2, -0.15) is 5.26 Å². The molecule has 7 heteroatoms. The molecule has 0 saturated carbocycles. The van der Waals surface area contributed by atoms with Crippen LogP contribution in [0.2, 0.25) is 0 Å². The van der Waals surface area contributed by atoms with Gasteiger partial charge in [-0.15, -0.1) is 11.8 Å². The lowest BCUT2D eigenvalue weighted by atomic mass is 10.1. The van der Waals surface area contributed by atoms with Crippen molar-refractivity contribution in [2.45, 2.75) is 23.3 Å². The number of aromatic nitrogens is 1. The molecule has 0 radical (unpaired) electrons. The molecule has 0 atom stereocenters. The molecule has 1 amide bonds. The third kappa shape index (κ3) is 6.27. The largest absolute Gasteiger partial charge is 0.497 e. The molecule has 0 spiro atoms. The summed E-state index contributed by atoms with van der Waals surface area (Å²) in [4.78, 5) is 18.3. The molecule has 158 valence electrons. The zero-order valence-electron chi connectivity index (χ0n) is 17.4. The number of carbonyl (C=O) groups excluding carboxylic acids is 1. The molecule has 0 aliphatic rings. The molecule has 0 fully saturated rings. The molecule has 3 rings (SSSR count). The fraction of sp³-hybridized carbons (Fsp3) is 0.208. The Labute approximate surface area is 191 Å². The van der Waals surface area contributed by atoms with E-state index in [9.17, 15) is 10.1 Å². The number of anilines is 1. The Morgan fingerprint density at radius 1 is 1.13 bits per heavy atom. The molecule has 0 bridgehead atoms. The quantitative estimate of drug-likeness (QED) is 0.412. The van der Waals surface area contributed by atoms with E-state index in [1.165, 1.54) is 11.8 Å². The van der Waals surface area contributed by atoms with E-state index >= 15 is 0 Å². The van der Waals surface area contributed by atoms with Crippen LogP contribution in [0.3, 0.4) is 0 Å². The van der Waals surface area contributed by atoms with E-state index < -0.39 is 0 Å². The maximum atomic E-state index is 12.6. The fourth-order valence-electron chi connectivity index (χ4n) is 2.81. The standard InChI is InChI=1S/C24H23N3O2S2/c1-3-13-30-22-10-5-4-9-21(22)26-23(28)16-31-24-18(15-25)11-12-20(27-24)17-7-6-8-19(14-17)29-2/h4-12,14H,3,13,16H2,1-2H3,(H,26,28). The van der Waals surface area contributed by atoms with Crippen molar-refractivity contribution in [3.05, 3.63) is 66.2 Å². The van der Waals surface area contributed by atoms with Gasteiger partial charge in [-0.1, -0.05) is 43.0 Å². The summed E-state index contributed by atoms with van der Waals surface area (Å²) in [6, 6.07) is 21.1. The molecule has 1 N–H and O–H groups in total. The lowest BCUT2D eigenvalue weighted by Crippen LogP contribution is -2.15. The normalized spacial score (nSPS) is 10.4. The number of amides is 1. The zero-order chi connectivity index (χ0) is 22.1. The molecule has 0 aliphatic carbocycles. The van der Waals surface area contributed by atoms with Crippen LogP contribution in [0, 0.1) is 11.3 Å². The summed E-state index contributed by atoms with van der Waals surface area (Å²) in [5.41, 5.74) is 2.87. The highest BCUT2D eigenvalue weighted by atomic mass is 32.2. The van der Waals surface area contributed by atoms with E-state index in [0.717, 1.165) is 39.8 Å². The highest BCUT2D eigenvalue weighted by Crippen LogP contribution is 2.29. The monoisotopic (exact) mass is 449 g/mol. The Balaban J connectivity index is 1.72.